The van der Waals surface area contributed by atoms with Gasteiger partial charge < -0.3 is 15.3 Å². The molecule has 0 bridgehead atoms. The Morgan fingerprint density at radius 1 is 1.29 bits per heavy atom. The van der Waals surface area contributed by atoms with Gasteiger partial charge >= 0.3 is 7.25 Å². The van der Waals surface area contributed by atoms with Gasteiger partial charge in [0.05, 0.1) is 0 Å². The van der Waals surface area contributed by atoms with E-state index in [4.69, 9.17) is 10.0 Å². The van der Waals surface area contributed by atoms with Gasteiger partial charge in [-0.3, -0.25) is 4.79 Å². The summed E-state index contributed by atoms with van der Waals surface area (Å²) in [5, 5.41) is 18.7. The van der Waals surface area contributed by atoms with Crippen LogP contribution >= 0.6 is 0 Å². The normalized spacial score (nSPS) is 10.1. The summed E-state index contributed by atoms with van der Waals surface area (Å²) in [5.74, 6) is -0.552. The second-order valence-corrected chi connectivity index (χ2v) is 2.63. The topological polar surface area (TPSA) is 69.6 Å². The molecule has 1 rings (SSSR count). The molecule has 0 spiro atoms. The second-order valence-electron chi connectivity index (χ2n) is 2.63. The van der Waals surface area contributed by atoms with Gasteiger partial charge in [-0.05, 0) is 11.6 Å². The Hall–Kier alpha value is -1.59. The van der Waals surface area contributed by atoms with Crippen LogP contribution in [-0.2, 0) is 4.79 Å². The summed E-state index contributed by atoms with van der Waals surface area (Å²) in [6.07, 6.45) is 2.81. The molecule has 0 saturated carbocycles. The highest BCUT2D eigenvalue weighted by atomic mass is 16.4. The molecular weight excluding hydrogens is 181 g/mol. The zero-order valence-electron chi connectivity index (χ0n) is 7.42. The first-order valence-electron chi connectivity index (χ1n) is 4.08. The average Bonchev–Trinajstić information content (AvgIpc) is 2.15. The van der Waals surface area contributed by atoms with Gasteiger partial charge in [0.25, 0.3) is 0 Å². The largest absolute Gasteiger partial charge is 0.587 e. The van der Waals surface area contributed by atoms with Crippen LogP contribution in [0.4, 0.5) is 0 Å². The first-order chi connectivity index (χ1) is 6.68. The van der Waals surface area contributed by atoms with Crippen LogP contribution < -0.4 is 5.23 Å². The molecule has 5 heteroatoms. The third-order valence-corrected chi connectivity index (χ3v) is 1.50. The summed E-state index contributed by atoms with van der Waals surface area (Å²) in [6, 6.07) is 9.23. The summed E-state index contributed by atoms with van der Waals surface area (Å²) in [7, 11) is -1.82. The fraction of sp³-hybridized carbons (Fsp3) is 0. The van der Waals surface area contributed by atoms with Crippen LogP contribution in [0.25, 0.3) is 6.08 Å². The maximum atomic E-state index is 10.9. The highest BCUT2D eigenvalue weighted by Gasteiger charge is 2.08. The molecule has 1 aromatic rings. The van der Waals surface area contributed by atoms with Crippen molar-refractivity contribution in [3.05, 3.63) is 42.0 Å². The van der Waals surface area contributed by atoms with Crippen LogP contribution in [0.2, 0.25) is 0 Å². The van der Waals surface area contributed by atoms with Crippen molar-refractivity contribution in [1.82, 2.24) is 5.23 Å². The van der Waals surface area contributed by atoms with Crippen molar-refractivity contribution in [3.63, 3.8) is 0 Å². The second kappa shape index (κ2) is 5.21. The van der Waals surface area contributed by atoms with Gasteiger partial charge in [-0.15, -0.1) is 0 Å². The van der Waals surface area contributed by atoms with Crippen molar-refractivity contribution >= 4 is 19.2 Å². The zero-order chi connectivity index (χ0) is 10.4. The molecule has 0 aromatic heterocycles. The van der Waals surface area contributed by atoms with Gasteiger partial charge in [0, 0.05) is 6.08 Å². The molecule has 0 aliphatic rings. The standard InChI is InChI=1S/C9H10BNO3/c12-9(11-10(13)14)7-6-8-4-2-1-3-5-8/h1-7,13-14H,(H,11,12)/b7-6-. The number of nitrogens with one attached hydrogen (secondary N) is 1. The molecule has 0 fully saturated rings. The smallest absolute Gasteiger partial charge is 0.408 e. The van der Waals surface area contributed by atoms with Crippen molar-refractivity contribution in [2.24, 2.45) is 0 Å². The van der Waals surface area contributed by atoms with Crippen molar-refractivity contribution < 1.29 is 14.8 Å². The van der Waals surface area contributed by atoms with Crippen LogP contribution in [0.3, 0.4) is 0 Å². The van der Waals surface area contributed by atoms with Gasteiger partial charge in [0.2, 0.25) is 5.91 Å². The molecule has 0 atom stereocenters. The Balaban J connectivity index is 2.52. The van der Waals surface area contributed by atoms with Gasteiger partial charge in [-0.1, -0.05) is 30.3 Å². The Labute approximate surface area is 82.1 Å². The van der Waals surface area contributed by atoms with E-state index in [-0.39, 0.29) is 0 Å². The lowest BCUT2D eigenvalue weighted by molar-refractivity contribution is -0.115. The molecule has 0 heterocycles. The molecule has 4 nitrogen and oxygen atoms in total. The maximum absolute atomic E-state index is 10.9. The number of hydrogen-bond acceptors (Lipinski definition) is 3. The van der Waals surface area contributed by atoms with Crippen LogP contribution in [0.15, 0.2) is 36.4 Å². The molecule has 0 aliphatic carbocycles. The SMILES string of the molecule is O=C(/C=C\c1ccccc1)NB(O)O. The zero-order valence-corrected chi connectivity index (χ0v) is 7.42. The number of rotatable bonds is 3. The molecule has 0 saturated heterocycles. The molecule has 0 aliphatic heterocycles. The highest BCUT2D eigenvalue weighted by molar-refractivity contribution is 6.42. The third kappa shape index (κ3) is 3.89. The van der Waals surface area contributed by atoms with Crippen molar-refractivity contribution in [3.8, 4) is 0 Å². The Morgan fingerprint density at radius 3 is 2.50 bits per heavy atom. The lowest BCUT2D eigenvalue weighted by Crippen LogP contribution is -2.37. The molecule has 0 unspecified atom stereocenters. The number of hydrogen-bond donors (Lipinski definition) is 3. The quantitative estimate of drug-likeness (QED) is 0.457. The fourth-order valence-electron chi connectivity index (χ4n) is 0.911. The molecule has 3 N–H and O–H groups in total. The van der Waals surface area contributed by atoms with E-state index >= 15 is 0 Å². The van der Waals surface area contributed by atoms with Crippen LogP contribution in [-0.4, -0.2) is 23.2 Å². The van der Waals surface area contributed by atoms with Crippen LogP contribution in [0, 0.1) is 0 Å². The number of carbonyl (C=O) groups is 1. The first-order valence-corrected chi connectivity index (χ1v) is 4.08. The number of benzene rings is 1. The van der Waals surface area contributed by atoms with Gasteiger partial charge in [-0.25, -0.2) is 0 Å². The predicted molar refractivity (Wildman–Crippen MR) is 53.8 cm³/mol. The van der Waals surface area contributed by atoms with Crippen LogP contribution in [0.5, 0.6) is 0 Å². The molecule has 14 heavy (non-hydrogen) atoms. The Bertz CT molecular complexity index is 324. The summed E-state index contributed by atoms with van der Waals surface area (Å²) >= 11 is 0. The number of amides is 1. The molecule has 1 aromatic carbocycles. The average molecular weight is 191 g/mol. The monoisotopic (exact) mass is 191 g/mol. The van der Waals surface area contributed by atoms with E-state index in [1.807, 2.05) is 35.6 Å². The highest BCUT2D eigenvalue weighted by Crippen LogP contribution is 2.00. The van der Waals surface area contributed by atoms with E-state index in [9.17, 15) is 4.79 Å². The molecule has 0 radical (unpaired) electrons. The van der Waals surface area contributed by atoms with Gasteiger partial charge in [0.1, 0.15) is 0 Å². The first kappa shape index (κ1) is 10.5. The van der Waals surface area contributed by atoms with Crippen molar-refractivity contribution in [1.29, 1.82) is 0 Å². The third-order valence-electron chi connectivity index (χ3n) is 1.50. The van der Waals surface area contributed by atoms with E-state index in [2.05, 4.69) is 0 Å². The summed E-state index contributed by atoms with van der Waals surface area (Å²) in [6.45, 7) is 0. The minimum Gasteiger partial charge on any atom is -0.408 e. The lowest BCUT2D eigenvalue weighted by atomic mass is 10.1. The minimum atomic E-state index is -1.82. The Kier molecular flexibility index (Phi) is 3.91. The van der Waals surface area contributed by atoms with Gasteiger partial charge in [0.15, 0.2) is 0 Å². The van der Waals surface area contributed by atoms with E-state index in [1.165, 1.54) is 6.08 Å². The van der Waals surface area contributed by atoms with Crippen molar-refractivity contribution in [2.75, 3.05) is 0 Å². The summed E-state index contributed by atoms with van der Waals surface area (Å²) in [4.78, 5) is 10.9. The summed E-state index contributed by atoms with van der Waals surface area (Å²) < 4.78 is 0. The van der Waals surface area contributed by atoms with E-state index < -0.39 is 13.2 Å². The maximum Gasteiger partial charge on any atom is 0.587 e. The number of carbonyl (C=O) groups excluding carboxylic acids is 1. The van der Waals surface area contributed by atoms with Crippen LogP contribution in [0.1, 0.15) is 5.56 Å². The van der Waals surface area contributed by atoms with Gasteiger partial charge in [-0.2, -0.15) is 0 Å². The fourth-order valence-corrected chi connectivity index (χ4v) is 0.911. The molecule has 72 valence electrons. The minimum absolute atomic E-state index is 0.552. The molecule has 1 amide bonds. The Morgan fingerprint density at radius 2 is 1.93 bits per heavy atom. The van der Waals surface area contributed by atoms with E-state index in [0.29, 0.717) is 0 Å². The van der Waals surface area contributed by atoms with Crippen molar-refractivity contribution in [2.45, 2.75) is 0 Å². The summed E-state index contributed by atoms with van der Waals surface area (Å²) in [5.41, 5.74) is 0.870. The van der Waals surface area contributed by atoms with E-state index in [0.717, 1.165) is 5.56 Å². The van der Waals surface area contributed by atoms with E-state index in [1.54, 1.807) is 6.08 Å². The lowest BCUT2D eigenvalue weighted by Gasteiger charge is -1.97. The predicted octanol–water partition coefficient (Wildman–Crippen LogP) is -0.214. The molecular formula is C9H10BNO3.